The van der Waals surface area contributed by atoms with Crippen molar-refractivity contribution in [3.8, 4) is 0 Å². The maximum atomic E-state index is 12.0. The molecule has 96 valence electrons. The van der Waals surface area contributed by atoms with Crippen LogP contribution in [-0.2, 0) is 0 Å². The van der Waals surface area contributed by atoms with Crippen molar-refractivity contribution < 1.29 is 4.79 Å². The highest BCUT2D eigenvalue weighted by atomic mass is 35.5. The van der Waals surface area contributed by atoms with Crippen LogP contribution in [-0.4, -0.2) is 5.78 Å². The van der Waals surface area contributed by atoms with Crippen LogP contribution in [0.1, 0.15) is 27.0 Å². The first-order valence-corrected chi connectivity index (χ1v) is 6.49. The quantitative estimate of drug-likeness (QED) is 0.575. The zero-order valence-corrected chi connectivity index (χ0v) is 11.7. The lowest BCUT2D eigenvalue weighted by Gasteiger charge is -2.02. The summed E-state index contributed by atoms with van der Waals surface area (Å²) in [5.74, 6) is 0.00285. The van der Waals surface area contributed by atoms with Crippen LogP contribution in [0.25, 0.3) is 6.08 Å². The summed E-state index contributed by atoms with van der Waals surface area (Å²) in [4.78, 5) is 12.0. The lowest BCUT2D eigenvalue weighted by molar-refractivity contribution is 0.104. The minimum Gasteiger partial charge on any atom is -0.289 e. The molecule has 0 aromatic heterocycles. The van der Waals surface area contributed by atoms with Gasteiger partial charge >= 0.3 is 0 Å². The van der Waals surface area contributed by atoms with Crippen LogP contribution in [0, 0.1) is 13.8 Å². The molecule has 0 N–H and O–H groups in total. The maximum absolute atomic E-state index is 12.0. The van der Waals surface area contributed by atoms with Crippen molar-refractivity contribution in [3.63, 3.8) is 0 Å². The third-order valence-electron chi connectivity index (χ3n) is 3.07. The topological polar surface area (TPSA) is 17.1 Å². The van der Waals surface area contributed by atoms with Crippen LogP contribution in [0.2, 0.25) is 5.02 Å². The van der Waals surface area contributed by atoms with E-state index in [0.717, 1.165) is 11.1 Å². The summed E-state index contributed by atoms with van der Waals surface area (Å²) in [6.07, 6.45) is 3.36. The van der Waals surface area contributed by atoms with E-state index in [1.165, 1.54) is 5.56 Å². The van der Waals surface area contributed by atoms with Crippen molar-refractivity contribution in [2.75, 3.05) is 0 Å². The summed E-state index contributed by atoms with van der Waals surface area (Å²) in [7, 11) is 0. The van der Waals surface area contributed by atoms with Crippen LogP contribution in [0.3, 0.4) is 0 Å². The van der Waals surface area contributed by atoms with Gasteiger partial charge < -0.3 is 0 Å². The number of benzene rings is 2. The first-order valence-electron chi connectivity index (χ1n) is 6.11. The fourth-order valence-electron chi connectivity index (χ4n) is 1.77. The average Bonchev–Trinajstić information content (AvgIpc) is 2.39. The molecule has 2 rings (SSSR count). The van der Waals surface area contributed by atoms with E-state index >= 15 is 0 Å². The molecule has 1 nitrogen and oxygen atoms in total. The molecule has 0 atom stereocenters. The zero-order valence-electron chi connectivity index (χ0n) is 11.0. The smallest absolute Gasteiger partial charge is 0.185 e. The summed E-state index contributed by atoms with van der Waals surface area (Å²) in [6.45, 7) is 4.04. The number of allylic oxidation sites excluding steroid dienone is 1. The summed E-state index contributed by atoms with van der Waals surface area (Å²) in [5, 5.41) is 0.667. The number of hydrogen-bond acceptors (Lipinski definition) is 1. The highest BCUT2D eigenvalue weighted by Crippen LogP contribution is 2.14. The Morgan fingerprint density at radius 3 is 2.53 bits per heavy atom. The van der Waals surface area contributed by atoms with Gasteiger partial charge in [0, 0.05) is 10.6 Å². The number of carbonyl (C=O) groups excluding carboxylic acids is 1. The highest BCUT2D eigenvalue weighted by Gasteiger charge is 2.03. The summed E-state index contributed by atoms with van der Waals surface area (Å²) in [6, 6.07) is 13.1. The van der Waals surface area contributed by atoms with Crippen LogP contribution in [0.5, 0.6) is 0 Å². The molecule has 0 bridgehead atoms. The van der Waals surface area contributed by atoms with Crippen LogP contribution in [0.15, 0.2) is 48.5 Å². The van der Waals surface area contributed by atoms with Gasteiger partial charge in [0.2, 0.25) is 0 Å². The fraction of sp³-hybridized carbons (Fsp3) is 0.118. The number of aryl methyl sites for hydroxylation is 2. The normalized spacial score (nSPS) is 10.9. The lowest BCUT2D eigenvalue weighted by atomic mass is 10.0. The number of carbonyl (C=O) groups is 1. The van der Waals surface area contributed by atoms with Crippen molar-refractivity contribution >= 4 is 23.5 Å². The summed E-state index contributed by atoms with van der Waals surface area (Å²) < 4.78 is 0. The molecule has 0 unspecified atom stereocenters. The molecular weight excluding hydrogens is 256 g/mol. The minimum atomic E-state index is 0.00285. The Kier molecular flexibility index (Phi) is 4.18. The number of halogens is 1. The molecule has 0 aliphatic carbocycles. The van der Waals surface area contributed by atoms with Gasteiger partial charge in [0.1, 0.15) is 0 Å². The van der Waals surface area contributed by atoms with E-state index in [1.807, 2.05) is 56.3 Å². The van der Waals surface area contributed by atoms with Crippen LogP contribution >= 0.6 is 11.6 Å². The third kappa shape index (κ3) is 3.55. The van der Waals surface area contributed by atoms with Crippen molar-refractivity contribution in [3.05, 3.63) is 75.8 Å². The van der Waals surface area contributed by atoms with Gasteiger partial charge in [-0.15, -0.1) is 0 Å². The SMILES string of the molecule is Cc1ccc(C(=O)C=Cc2cccc(Cl)c2)cc1C. The van der Waals surface area contributed by atoms with Crippen molar-refractivity contribution in [2.45, 2.75) is 13.8 Å². The van der Waals surface area contributed by atoms with Crippen molar-refractivity contribution in [1.82, 2.24) is 0 Å². The number of rotatable bonds is 3. The minimum absolute atomic E-state index is 0.00285. The van der Waals surface area contributed by atoms with Crippen molar-refractivity contribution in [1.29, 1.82) is 0 Å². The second kappa shape index (κ2) is 5.85. The molecule has 2 aromatic rings. The molecular formula is C17H15ClO. The molecule has 19 heavy (non-hydrogen) atoms. The van der Waals surface area contributed by atoms with E-state index < -0.39 is 0 Å². The van der Waals surface area contributed by atoms with Gasteiger partial charge in [-0.25, -0.2) is 0 Å². The van der Waals surface area contributed by atoms with E-state index in [4.69, 9.17) is 11.6 Å². The maximum Gasteiger partial charge on any atom is 0.185 e. The Morgan fingerprint density at radius 2 is 1.84 bits per heavy atom. The first-order chi connectivity index (χ1) is 9.06. The standard InChI is InChI=1S/C17H15ClO/c1-12-6-8-15(10-13(12)2)17(19)9-7-14-4-3-5-16(18)11-14/h3-11H,1-2H3. The van der Waals surface area contributed by atoms with Gasteiger partial charge in [-0.3, -0.25) is 4.79 Å². The lowest BCUT2D eigenvalue weighted by Crippen LogP contribution is -1.95. The number of ketones is 1. The Balaban J connectivity index is 2.19. The Morgan fingerprint density at radius 1 is 1.05 bits per heavy atom. The van der Waals surface area contributed by atoms with Gasteiger partial charge in [-0.1, -0.05) is 41.9 Å². The Hall–Kier alpha value is -1.86. The van der Waals surface area contributed by atoms with E-state index in [1.54, 1.807) is 12.2 Å². The zero-order chi connectivity index (χ0) is 13.8. The predicted octanol–water partition coefficient (Wildman–Crippen LogP) is 4.85. The molecule has 0 radical (unpaired) electrons. The highest BCUT2D eigenvalue weighted by molar-refractivity contribution is 6.30. The first kappa shape index (κ1) is 13.6. The van der Waals surface area contributed by atoms with Gasteiger partial charge in [0.25, 0.3) is 0 Å². The number of hydrogen-bond donors (Lipinski definition) is 0. The second-order valence-electron chi connectivity index (χ2n) is 4.55. The average molecular weight is 271 g/mol. The van der Waals surface area contributed by atoms with E-state index in [9.17, 15) is 4.79 Å². The molecule has 0 saturated heterocycles. The van der Waals surface area contributed by atoms with Gasteiger partial charge in [-0.2, -0.15) is 0 Å². The van der Waals surface area contributed by atoms with Gasteiger partial charge in [-0.05, 0) is 54.8 Å². The molecule has 2 aromatic carbocycles. The summed E-state index contributed by atoms with van der Waals surface area (Å²) >= 11 is 5.90. The summed E-state index contributed by atoms with van der Waals surface area (Å²) in [5.41, 5.74) is 3.95. The Labute approximate surface area is 118 Å². The Bertz CT molecular complexity index is 641. The van der Waals surface area contributed by atoms with Crippen LogP contribution < -0.4 is 0 Å². The predicted molar refractivity (Wildman–Crippen MR) is 80.7 cm³/mol. The van der Waals surface area contributed by atoms with E-state index in [0.29, 0.717) is 10.6 Å². The fourth-order valence-corrected chi connectivity index (χ4v) is 1.97. The molecule has 0 aliphatic rings. The van der Waals surface area contributed by atoms with Gasteiger partial charge in [0.15, 0.2) is 5.78 Å². The largest absolute Gasteiger partial charge is 0.289 e. The van der Waals surface area contributed by atoms with Crippen LogP contribution in [0.4, 0.5) is 0 Å². The molecule has 0 spiro atoms. The monoisotopic (exact) mass is 270 g/mol. The van der Waals surface area contributed by atoms with Gasteiger partial charge in [0.05, 0.1) is 0 Å². The van der Waals surface area contributed by atoms with Crippen molar-refractivity contribution in [2.24, 2.45) is 0 Å². The molecule has 0 heterocycles. The van der Waals surface area contributed by atoms with E-state index in [2.05, 4.69) is 0 Å². The molecule has 0 saturated carbocycles. The molecule has 2 heteroatoms. The third-order valence-corrected chi connectivity index (χ3v) is 3.30. The van der Waals surface area contributed by atoms with E-state index in [-0.39, 0.29) is 5.78 Å². The molecule has 0 amide bonds. The molecule has 0 fully saturated rings. The second-order valence-corrected chi connectivity index (χ2v) is 4.99. The molecule has 0 aliphatic heterocycles.